The van der Waals surface area contributed by atoms with Crippen molar-refractivity contribution in [3.8, 4) is 16.9 Å². The highest BCUT2D eigenvalue weighted by Crippen LogP contribution is 2.42. The number of aromatic hydroxyl groups is 1. The molecule has 6 aromatic carbocycles. The summed E-state index contributed by atoms with van der Waals surface area (Å²) in [5.74, 6) is 0.222. The molecule has 0 atom stereocenters. The van der Waals surface area contributed by atoms with Gasteiger partial charge in [0.2, 0.25) is 0 Å². The SMILES string of the molecule is Oc1cc(-c2ccc(N(c3ccccc3)c3ccccc3)cc2)ccc1N(c1ccccc1)c1ccccc1. The molecule has 0 saturated heterocycles. The van der Waals surface area contributed by atoms with Gasteiger partial charge in [-0.25, -0.2) is 0 Å². The van der Waals surface area contributed by atoms with Crippen LogP contribution in [0, 0.1) is 0 Å². The molecule has 3 nitrogen and oxygen atoms in total. The third kappa shape index (κ3) is 5.11. The Balaban J connectivity index is 1.34. The normalized spacial score (nSPS) is 10.7. The van der Waals surface area contributed by atoms with Gasteiger partial charge in [-0.3, -0.25) is 0 Å². The third-order valence-electron chi connectivity index (χ3n) is 6.73. The van der Waals surface area contributed by atoms with Gasteiger partial charge >= 0.3 is 0 Å². The largest absolute Gasteiger partial charge is 0.506 e. The summed E-state index contributed by atoms with van der Waals surface area (Å²) in [6, 6.07) is 55.3. The zero-order valence-electron chi connectivity index (χ0n) is 21.4. The average Bonchev–Trinajstić information content (AvgIpc) is 3.01. The van der Waals surface area contributed by atoms with E-state index in [1.807, 2.05) is 84.9 Å². The fourth-order valence-electron chi connectivity index (χ4n) is 4.88. The fraction of sp³-hybridized carbons (Fsp3) is 0. The molecular formula is C36H28N2O. The second kappa shape index (κ2) is 11.0. The van der Waals surface area contributed by atoms with Crippen molar-refractivity contribution in [1.29, 1.82) is 0 Å². The first-order chi connectivity index (χ1) is 19.3. The van der Waals surface area contributed by atoms with E-state index in [1.54, 1.807) is 0 Å². The van der Waals surface area contributed by atoms with E-state index in [-0.39, 0.29) is 5.75 Å². The first-order valence-electron chi connectivity index (χ1n) is 13.0. The first-order valence-corrected chi connectivity index (χ1v) is 13.0. The molecule has 0 aromatic heterocycles. The molecule has 0 radical (unpaired) electrons. The maximum atomic E-state index is 11.2. The van der Waals surface area contributed by atoms with Gasteiger partial charge in [0.1, 0.15) is 5.75 Å². The number of benzene rings is 6. The highest BCUT2D eigenvalue weighted by Gasteiger charge is 2.17. The molecule has 6 aromatic rings. The molecule has 188 valence electrons. The van der Waals surface area contributed by atoms with Gasteiger partial charge in [0, 0.05) is 28.4 Å². The molecule has 6 rings (SSSR count). The van der Waals surface area contributed by atoms with Crippen LogP contribution in [0.4, 0.5) is 34.1 Å². The zero-order chi connectivity index (χ0) is 26.4. The predicted molar refractivity (Wildman–Crippen MR) is 163 cm³/mol. The Bertz CT molecular complexity index is 1560. The van der Waals surface area contributed by atoms with Gasteiger partial charge in [-0.05, 0) is 83.9 Å². The summed E-state index contributed by atoms with van der Waals surface area (Å²) in [6.45, 7) is 0. The van der Waals surface area contributed by atoms with Gasteiger partial charge in [0.05, 0.1) is 5.69 Å². The van der Waals surface area contributed by atoms with Gasteiger partial charge in [0.15, 0.2) is 0 Å². The molecule has 0 saturated carbocycles. The Morgan fingerprint density at radius 3 is 1.10 bits per heavy atom. The molecule has 0 fully saturated rings. The molecular weight excluding hydrogens is 476 g/mol. The van der Waals surface area contributed by atoms with Crippen molar-refractivity contribution in [2.24, 2.45) is 0 Å². The number of anilines is 6. The van der Waals surface area contributed by atoms with Gasteiger partial charge in [-0.15, -0.1) is 0 Å². The van der Waals surface area contributed by atoms with Crippen LogP contribution < -0.4 is 9.80 Å². The highest BCUT2D eigenvalue weighted by molar-refractivity contribution is 5.83. The number of hydrogen-bond acceptors (Lipinski definition) is 3. The minimum absolute atomic E-state index is 0.222. The van der Waals surface area contributed by atoms with Gasteiger partial charge in [0.25, 0.3) is 0 Å². The third-order valence-corrected chi connectivity index (χ3v) is 6.73. The van der Waals surface area contributed by atoms with Crippen molar-refractivity contribution in [2.75, 3.05) is 9.80 Å². The minimum atomic E-state index is 0.222. The van der Waals surface area contributed by atoms with E-state index in [4.69, 9.17) is 0 Å². The van der Waals surface area contributed by atoms with Crippen LogP contribution in [0.5, 0.6) is 5.75 Å². The van der Waals surface area contributed by atoms with Crippen LogP contribution in [0.25, 0.3) is 11.1 Å². The Hall–Kier alpha value is -5.28. The molecule has 0 unspecified atom stereocenters. The smallest absolute Gasteiger partial charge is 0.140 e. The number of rotatable bonds is 7. The molecule has 3 heteroatoms. The molecule has 0 aliphatic carbocycles. The average molecular weight is 505 g/mol. The lowest BCUT2D eigenvalue weighted by Gasteiger charge is -2.26. The van der Waals surface area contributed by atoms with Crippen molar-refractivity contribution >= 4 is 34.1 Å². The lowest BCUT2D eigenvalue weighted by Crippen LogP contribution is -2.10. The van der Waals surface area contributed by atoms with Crippen LogP contribution in [0.2, 0.25) is 0 Å². The number of nitrogens with zero attached hydrogens (tertiary/aromatic N) is 2. The summed E-state index contributed by atoms with van der Waals surface area (Å²) >= 11 is 0. The van der Waals surface area contributed by atoms with E-state index in [2.05, 4.69) is 88.7 Å². The number of hydrogen-bond donors (Lipinski definition) is 1. The summed E-state index contributed by atoms with van der Waals surface area (Å²) in [6.07, 6.45) is 0. The van der Waals surface area contributed by atoms with E-state index in [0.29, 0.717) is 0 Å². The van der Waals surface area contributed by atoms with Crippen LogP contribution in [-0.2, 0) is 0 Å². The first kappa shape index (κ1) is 24.1. The quantitative estimate of drug-likeness (QED) is 0.234. The molecule has 1 N–H and O–H groups in total. The molecule has 0 heterocycles. The maximum Gasteiger partial charge on any atom is 0.140 e. The van der Waals surface area contributed by atoms with Crippen LogP contribution in [0.3, 0.4) is 0 Å². The standard InChI is InChI=1S/C36H28N2O/c39-36-27-29(23-26-35(36)38(32-17-9-3-10-18-32)33-19-11-4-12-20-33)28-21-24-34(25-22-28)37(30-13-5-1-6-14-30)31-15-7-2-8-16-31/h1-27,39H. The van der Waals surface area contributed by atoms with E-state index >= 15 is 0 Å². The second-order valence-corrected chi connectivity index (χ2v) is 9.26. The number of para-hydroxylation sites is 4. The second-order valence-electron chi connectivity index (χ2n) is 9.26. The van der Waals surface area contributed by atoms with Crippen LogP contribution in [-0.4, -0.2) is 5.11 Å². The maximum absolute atomic E-state index is 11.2. The van der Waals surface area contributed by atoms with E-state index in [1.165, 1.54) is 0 Å². The van der Waals surface area contributed by atoms with Crippen molar-refractivity contribution in [3.63, 3.8) is 0 Å². The van der Waals surface area contributed by atoms with E-state index in [9.17, 15) is 5.11 Å². The zero-order valence-corrected chi connectivity index (χ0v) is 21.4. The van der Waals surface area contributed by atoms with Crippen LogP contribution in [0.1, 0.15) is 0 Å². The molecule has 0 bridgehead atoms. The van der Waals surface area contributed by atoms with Crippen molar-refractivity contribution in [1.82, 2.24) is 0 Å². The fourth-order valence-corrected chi connectivity index (χ4v) is 4.88. The van der Waals surface area contributed by atoms with Crippen molar-refractivity contribution in [3.05, 3.63) is 164 Å². The lowest BCUT2D eigenvalue weighted by molar-refractivity contribution is 0.477. The molecule has 0 amide bonds. The molecule has 0 aliphatic heterocycles. The minimum Gasteiger partial charge on any atom is -0.506 e. The van der Waals surface area contributed by atoms with Gasteiger partial charge < -0.3 is 14.9 Å². The van der Waals surface area contributed by atoms with E-state index in [0.717, 1.165) is 45.3 Å². The highest BCUT2D eigenvalue weighted by atomic mass is 16.3. The summed E-state index contributed by atoms with van der Waals surface area (Å²) in [7, 11) is 0. The van der Waals surface area contributed by atoms with Crippen LogP contribution in [0.15, 0.2) is 164 Å². The molecule has 39 heavy (non-hydrogen) atoms. The predicted octanol–water partition coefficient (Wildman–Crippen LogP) is 10.00. The number of phenols is 1. The summed E-state index contributed by atoms with van der Waals surface area (Å²) in [5.41, 5.74) is 7.95. The monoisotopic (exact) mass is 504 g/mol. The Morgan fingerprint density at radius 2 is 0.692 bits per heavy atom. The van der Waals surface area contributed by atoms with Gasteiger partial charge in [-0.1, -0.05) is 91.0 Å². The topological polar surface area (TPSA) is 26.7 Å². The summed E-state index contributed by atoms with van der Waals surface area (Å²) in [5, 5.41) is 11.2. The molecule has 0 aliphatic rings. The van der Waals surface area contributed by atoms with Crippen molar-refractivity contribution in [2.45, 2.75) is 0 Å². The van der Waals surface area contributed by atoms with Crippen molar-refractivity contribution < 1.29 is 5.11 Å². The van der Waals surface area contributed by atoms with Crippen LogP contribution >= 0.6 is 0 Å². The van der Waals surface area contributed by atoms with Gasteiger partial charge in [-0.2, -0.15) is 0 Å². The number of phenolic OH excluding ortho intramolecular Hbond substituents is 1. The van der Waals surface area contributed by atoms with E-state index < -0.39 is 0 Å². The molecule has 0 spiro atoms. The summed E-state index contributed by atoms with van der Waals surface area (Å²) < 4.78 is 0. The Morgan fingerprint density at radius 1 is 0.333 bits per heavy atom. The lowest BCUT2D eigenvalue weighted by atomic mass is 10.0. The Kier molecular flexibility index (Phi) is 6.79. The summed E-state index contributed by atoms with van der Waals surface area (Å²) in [4.78, 5) is 4.31. The Labute approximate surface area is 229 Å².